The van der Waals surface area contributed by atoms with E-state index in [1.807, 2.05) is 0 Å². The predicted octanol–water partition coefficient (Wildman–Crippen LogP) is 1.66. The maximum Gasteiger partial charge on any atom is 0.381 e. The molecule has 0 bridgehead atoms. The predicted molar refractivity (Wildman–Crippen MR) is 57.6 cm³/mol. The van der Waals surface area contributed by atoms with Crippen LogP contribution < -0.4 is 5.11 Å². The van der Waals surface area contributed by atoms with E-state index in [-0.39, 0.29) is 11.1 Å². The van der Waals surface area contributed by atoms with E-state index in [9.17, 15) is 18.3 Å². The molecular formula is C12H12F3NO. The average molecular weight is 243 g/mol. The van der Waals surface area contributed by atoms with Crippen molar-refractivity contribution in [2.45, 2.75) is 12.3 Å². The molecule has 0 spiro atoms. The molecule has 0 aliphatic heterocycles. The van der Waals surface area contributed by atoms with Gasteiger partial charge in [-0.15, -0.1) is 0 Å². The highest BCUT2D eigenvalue weighted by atomic mass is 19.4. The molecule has 0 saturated heterocycles. The molecule has 1 aromatic rings. The fourth-order valence-corrected chi connectivity index (χ4v) is 1.34. The second-order valence-electron chi connectivity index (χ2n) is 3.63. The van der Waals surface area contributed by atoms with Crippen LogP contribution in [0.3, 0.4) is 0 Å². The van der Waals surface area contributed by atoms with Crippen LogP contribution in [0.4, 0.5) is 13.2 Å². The lowest BCUT2D eigenvalue weighted by atomic mass is 10.0. The Morgan fingerprint density at radius 2 is 1.88 bits per heavy atom. The van der Waals surface area contributed by atoms with Crippen LogP contribution in [0.5, 0.6) is 0 Å². The van der Waals surface area contributed by atoms with Crippen LogP contribution in [-0.2, 0) is 0 Å². The van der Waals surface area contributed by atoms with Crippen molar-refractivity contribution in [1.29, 1.82) is 0 Å². The van der Waals surface area contributed by atoms with E-state index >= 15 is 0 Å². The van der Waals surface area contributed by atoms with Crippen LogP contribution in [0.1, 0.15) is 5.56 Å². The fourth-order valence-electron chi connectivity index (χ4n) is 1.34. The van der Waals surface area contributed by atoms with Crippen LogP contribution in [0.2, 0.25) is 0 Å². The number of nitrogens with zero attached hydrogens (tertiary/aromatic N) is 1. The second kappa shape index (κ2) is 5.14. The highest BCUT2D eigenvalue weighted by Gasteiger charge is 2.34. The maximum absolute atomic E-state index is 12.4. The fraction of sp³-hybridized carbons (Fsp3) is 0.250. The van der Waals surface area contributed by atoms with Gasteiger partial charge in [-0.2, -0.15) is 13.2 Å². The zero-order chi connectivity index (χ0) is 13.1. The van der Waals surface area contributed by atoms with E-state index in [1.165, 1.54) is 23.8 Å². The molecule has 1 rings (SSSR count). The summed E-state index contributed by atoms with van der Waals surface area (Å²) in [5, 5.41) is 11.3. The molecule has 0 aliphatic rings. The van der Waals surface area contributed by atoms with Gasteiger partial charge in [0, 0.05) is 11.7 Å². The van der Waals surface area contributed by atoms with E-state index in [4.69, 9.17) is 0 Å². The van der Waals surface area contributed by atoms with Gasteiger partial charge >= 0.3 is 6.18 Å². The molecule has 0 aliphatic carbocycles. The molecule has 92 valence electrons. The first-order valence-electron chi connectivity index (χ1n) is 4.85. The summed E-state index contributed by atoms with van der Waals surface area (Å²) in [5.74, 6) is 0. The van der Waals surface area contributed by atoms with Crippen LogP contribution >= 0.6 is 0 Å². The van der Waals surface area contributed by atoms with Gasteiger partial charge in [-0.25, -0.2) is 4.58 Å². The minimum atomic E-state index is -4.81. The molecule has 0 heterocycles. The van der Waals surface area contributed by atoms with Crippen molar-refractivity contribution >= 4 is 12.3 Å². The number of alkyl halides is 3. The molecule has 1 unspecified atom stereocenters. The van der Waals surface area contributed by atoms with Crippen LogP contribution in [0, 0.1) is 0 Å². The molecule has 0 fully saturated rings. The third-order valence-corrected chi connectivity index (χ3v) is 2.05. The quantitative estimate of drug-likeness (QED) is 0.585. The van der Waals surface area contributed by atoms with Gasteiger partial charge in [0.25, 0.3) is 0 Å². The Balaban J connectivity index is 3.20. The van der Waals surface area contributed by atoms with Crippen molar-refractivity contribution in [3.05, 3.63) is 42.1 Å². The monoisotopic (exact) mass is 243 g/mol. The smallest absolute Gasteiger partial charge is 0.381 e. The Bertz CT molecular complexity index is 423. The lowest BCUT2D eigenvalue weighted by molar-refractivity contribution is -0.463. The Morgan fingerprint density at radius 3 is 2.29 bits per heavy atom. The van der Waals surface area contributed by atoms with Crippen molar-refractivity contribution in [2.75, 3.05) is 7.05 Å². The molecule has 17 heavy (non-hydrogen) atoms. The molecule has 0 N–H and O–H groups in total. The van der Waals surface area contributed by atoms with Crippen LogP contribution in [0.25, 0.3) is 5.57 Å². The largest absolute Gasteiger partial charge is 0.842 e. The molecule has 5 heteroatoms. The summed E-state index contributed by atoms with van der Waals surface area (Å²) >= 11 is 0. The van der Waals surface area contributed by atoms with E-state index in [0.717, 1.165) is 6.20 Å². The average Bonchev–Trinajstić information content (AvgIpc) is 2.24. The van der Waals surface area contributed by atoms with Gasteiger partial charge in [-0.05, 0) is 5.56 Å². The molecule has 1 aromatic carbocycles. The van der Waals surface area contributed by atoms with Crippen molar-refractivity contribution in [2.24, 2.45) is 0 Å². The van der Waals surface area contributed by atoms with E-state index in [0.29, 0.717) is 0 Å². The van der Waals surface area contributed by atoms with Gasteiger partial charge in [0.2, 0.25) is 0 Å². The Labute approximate surface area is 97.3 Å². The van der Waals surface area contributed by atoms with Gasteiger partial charge in [0.05, 0.1) is 0 Å². The van der Waals surface area contributed by atoms with E-state index in [2.05, 4.69) is 6.72 Å². The van der Waals surface area contributed by atoms with Crippen molar-refractivity contribution in [3.63, 3.8) is 0 Å². The molecule has 2 nitrogen and oxygen atoms in total. The number of halogens is 3. The summed E-state index contributed by atoms with van der Waals surface area (Å²) in [7, 11) is 1.46. The Kier molecular flexibility index (Phi) is 4.07. The summed E-state index contributed by atoms with van der Waals surface area (Å²) in [6.07, 6.45) is -6.48. The lowest BCUT2D eigenvalue weighted by Gasteiger charge is -2.27. The van der Waals surface area contributed by atoms with Gasteiger partial charge in [0.1, 0.15) is 13.8 Å². The molecule has 0 amide bonds. The number of benzene rings is 1. The highest BCUT2D eigenvalue weighted by Crippen LogP contribution is 2.29. The highest BCUT2D eigenvalue weighted by molar-refractivity contribution is 5.68. The first-order chi connectivity index (χ1) is 7.82. The maximum atomic E-state index is 12.4. The second-order valence-corrected chi connectivity index (χ2v) is 3.63. The standard InChI is InChI=1S/C12H12F3NO/c1-16(2)8-10(11(17)12(13,14)15)9-6-4-3-5-7-9/h3-8,11H,1H2,2H3/b10-8+. The van der Waals surface area contributed by atoms with E-state index < -0.39 is 12.3 Å². The van der Waals surface area contributed by atoms with Crippen molar-refractivity contribution in [3.8, 4) is 0 Å². The van der Waals surface area contributed by atoms with Crippen LogP contribution in [0.15, 0.2) is 36.5 Å². The first kappa shape index (κ1) is 13.4. The van der Waals surface area contributed by atoms with Gasteiger partial charge < -0.3 is 5.11 Å². The summed E-state index contributed by atoms with van der Waals surface area (Å²) in [6, 6.07) is 7.76. The minimum Gasteiger partial charge on any atom is -0.842 e. The van der Waals surface area contributed by atoms with E-state index in [1.54, 1.807) is 18.2 Å². The first-order valence-corrected chi connectivity index (χ1v) is 4.85. The summed E-state index contributed by atoms with van der Waals surface area (Å²) in [6.45, 7) is 3.42. The van der Waals surface area contributed by atoms with Gasteiger partial charge in [0.15, 0.2) is 6.20 Å². The topological polar surface area (TPSA) is 26.1 Å². The van der Waals surface area contributed by atoms with Gasteiger partial charge in [-0.1, -0.05) is 30.3 Å². The minimum absolute atomic E-state index is 0.250. The third kappa shape index (κ3) is 3.71. The summed E-state index contributed by atoms with van der Waals surface area (Å²) in [4.78, 5) is 0. The van der Waals surface area contributed by atoms with Gasteiger partial charge in [-0.3, -0.25) is 0 Å². The zero-order valence-electron chi connectivity index (χ0n) is 9.24. The molecular weight excluding hydrogens is 231 g/mol. The summed E-state index contributed by atoms with van der Waals surface area (Å²) in [5.41, 5.74) is -0.0871. The molecule has 0 radical (unpaired) electrons. The number of rotatable bonds is 3. The van der Waals surface area contributed by atoms with Crippen LogP contribution in [-0.4, -0.2) is 30.6 Å². The molecule has 0 aromatic heterocycles. The zero-order valence-corrected chi connectivity index (χ0v) is 9.24. The summed E-state index contributed by atoms with van der Waals surface area (Å²) < 4.78 is 38.5. The molecule has 1 atom stereocenters. The lowest BCUT2D eigenvalue weighted by Crippen LogP contribution is -2.41. The Morgan fingerprint density at radius 1 is 1.35 bits per heavy atom. The number of hydrogen-bond donors (Lipinski definition) is 0. The van der Waals surface area contributed by atoms with Crippen molar-refractivity contribution in [1.82, 2.24) is 0 Å². The Hall–Kier alpha value is -1.62. The third-order valence-electron chi connectivity index (χ3n) is 2.05. The van der Waals surface area contributed by atoms with Crippen molar-refractivity contribution < 1.29 is 22.9 Å². The molecule has 0 saturated carbocycles. The normalized spacial score (nSPS) is 14.5. The SMILES string of the molecule is C=[N+](C)/C=C(\c1ccccc1)C([O-])C(F)(F)F. The number of hydrogen-bond acceptors (Lipinski definition) is 1.